The Labute approximate surface area is 197 Å². The van der Waals surface area contributed by atoms with Gasteiger partial charge >= 0.3 is 0 Å². The lowest BCUT2D eigenvalue weighted by Gasteiger charge is -2.26. The lowest BCUT2D eigenvalue weighted by Crippen LogP contribution is -2.37. The van der Waals surface area contributed by atoms with Gasteiger partial charge in [0.2, 0.25) is 0 Å². The summed E-state index contributed by atoms with van der Waals surface area (Å²) in [6.45, 7) is 7.12. The maximum Gasteiger partial charge on any atom is 0.150 e. The maximum atomic E-state index is 10.8. The van der Waals surface area contributed by atoms with Crippen LogP contribution in [0.4, 0.5) is 17.1 Å². The third kappa shape index (κ3) is 5.57. The third-order valence-electron chi connectivity index (χ3n) is 5.70. The molecule has 0 radical (unpaired) electrons. The first-order valence-electron chi connectivity index (χ1n) is 11.2. The van der Waals surface area contributed by atoms with Crippen LogP contribution in [0.3, 0.4) is 0 Å². The average molecular weight is 448 g/mol. The summed E-state index contributed by atoms with van der Waals surface area (Å²) in [5.41, 5.74) is 6.29. The summed E-state index contributed by atoms with van der Waals surface area (Å²) < 4.78 is 0. The molecule has 4 aromatic carbocycles. The summed E-state index contributed by atoms with van der Waals surface area (Å²) in [4.78, 5) is 13.1. The van der Waals surface area contributed by atoms with Crippen LogP contribution in [0.15, 0.2) is 103 Å². The van der Waals surface area contributed by atoms with Gasteiger partial charge < -0.3 is 4.90 Å². The average Bonchev–Trinajstić information content (AvgIpc) is 2.84. The lowest BCUT2D eigenvalue weighted by atomic mass is 10.1. The second-order valence-corrected chi connectivity index (χ2v) is 14.3. The van der Waals surface area contributed by atoms with Gasteiger partial charge in [-0.2, -0.15) is 0 Å². The molecule has 0 spiro atoms. The zero-order chi connectivity index (χ0) is 23.3. The molecule has 0 fully saturated rings. The van der Waals surface area contributed by atoms with E-state index in [1.807, 2.05) is 30.3 Å². The van der Waals surface area contributed by atoms with Gasteiger partial charge in [0.15, 0.2) is 0 Å². The number of nitrogens with zero attached hydrogens (tertiary/aromatic N) is 1. The number of benzene rings is 4. The second-order valence-electron chi connectivity index (χ2n) is 9.18. The number of aldehydes is 1. The predicted molar refractivity (Wildman–Crippen MR) is 145 cm³/mol. The maximum absolute atomic E-state index is 10.8. The molecule has 3 heteroatoms. The zero-order valence-corrected chi connectivity index (χ0v) is 20.4. The number of anilines is 3. The fourth-order valence-electron chi connectivity index (χ4n) is 3.75. The number of carbonyl (C=O) groups is 1. The van der Waals surface area contributed by atoms with Crippen LogP contribution in [0.25, 0.3) is 12.2 Å². The number of hydrogen-bond acceptors (Lipinski definition) is 2. The van der Waals surface area contributed by atoms with E-state index in [9.17, 15) is 4.79 Å². The Hall–Kier alpha value is -3.69. The Morgan fingerprint density at radius 2 is 0.970 bits per heavy atom. The molecule has 0 saturated carbocycles. The van der Waals surface area contributed by atoms with Gasteiger partial charge in [0.25, 0.3) is 0 Å². The van der Waals surface area contributed by atoms with Crippen molar-refractivity contribution in [2.45, 2.75) is 19.6 Å². The molecule has 4 rings (SSSR count). The summed E-state index contributed by atoms with van der Waals surface area (Å²) in [5.74, 6) is 0. The van der Waals surface area contributed by atoms with Crippen molar-refractivity contribution in [1.29, 1.82) is 0 Å². The molecule has 0 saturated heterocycles. The number of carbonyl (C=O) groups excluding carboxylic acids is 1. The highest BCUT2D eigenvalue weighted by molar-refractivity contribution is 6.88. The van der Waals surface area contributed by atoms with Gasteiger partial charge in [-0.15, -0.1) is 0 Å². The van der Waals surface area contributed by atoms with E-state index in [4.69, 9.17) is 0 Å². The Bertz CT molecular complexity index is 1220. The van der Waals surface area contributed by atoms with E-state index >= 15 is 0 Å². The minimum Gasteiger partial charge on any atom is -0.311 e. The zero-order valence-electron chi connectivity index (χ0n) is 19.4. The molecule has 0 aliphatic heterocycles. The van der Waals surface area contributed by atoms with E-state index in [1.165, 1.54) is 5.19 Å². The van der Waals surface area contributed by atoms with Crippen LogP contribution >= 0.6 is 0 Å². The van der Waals surface area contributed by atoms with Crippen LogP contribution in [0, 0.1) is 0 Å². The van der Waals surface area contributed by atoms with E-state index in [1.54, 1.807) is 0 Å². The first-order valence-corrected chi connectivity index (χ1v) is 14.7. The predicted octanol–water partition coefficient (Wildman–Crippen LogP) is 7.68. The minimum atomic E-state index is -1.34. The molecule has 0 aliphatic rings. The van der Waals surface area contributed by atoms with Crippen LogP contribution in [-0.2, 0) is 0 Å². The van der Waals surface area contributed by atoms with Crippen LogP contribution in [0.1, 0.15) is 21.5 Å². The van der Waals surface area contributed by atoms with Crippen molar-refractivity contribution in [3.05, 3.63) is 120 Å². The van der Waals surface area contributed by atoms with Crippen molar-refractivity contribution in [3.8, 4) is 0 Å². The van der Waals surface area contributed by atoms with Crippen molar-refractivity contribution in [2.24, 2.45) is 0 Å². The number of hydrogen-bond donors (Lipinski definition) is 0. The van der Waals surface area contributed by atoms with Gasteiger partial charge in [0.1, 0.15) is 6.29 Å². The standard InChI is InChI=1S/C30H29NOSi/c1-33(2,3)30-21-19-29(20-22-30)31(27-7-5-4-6-8-27)28-17-15-25(16-18-28)10-9-24-11-13-26(23-32)14-12-24/h4-23H,1-3H3. The van der Waals surface area contributed by atoms with E-state index in [0.29, 0.717) is 5.56 Å². The Balaban J connectivity index is 1.62. The summed E-state index contributed by atoms with van der Waals surface area (Å²) in [5, 5.41) is 1.46. The SMILES string of the molecule is C[Si](C)(C)c1ccc(N(c2ccccc2)c2ccc(C=Cc3ccc(C=O)cc3)cc2)cc1. The van der Waals surface area contributed by atoms with E-state index < -0.39 is 8.07 Å². The van der Waals surface area contributed by atoms with Gasteiger partial charge in [0.05, 0.1) is 8.07 Å². The molecule has 2 nitrogen and oxygen atoms in total. The second kappa shape index (κ2) is 9.84. The highest BCUT2D eigenvalue weighted by atomic mass is 28.3. The smallest absolute Gasteiger partial charge is 0.150 e. The van der Waals surface area contributed by atoms with E-state index in [-0.39, 0.29) is 0 Å². The van der Waals surface area contributed by atoms with Gasteiger partial charge in [-0.05, 0) is 47.5 Å². The first kappa shape index (κ1) is 22.5. The van der Waals surface area contributed by atoms with Gasteiger partial charge in [-0.25, -0.2) is 0 Å². The van der Waals surface area contributed by atoms with E-state index in [0.717, 1.165) is 34.5 Å². The monoisotopic (exact) mass is 447 g/mol. The molecule has 0 atom stereocenters. The van der Waals surface area contributed by atoms with Crippen LogP contribution in [0.2, 0.25) is 19.6 Å². The molecular weight excluding hydrogens is 418 g/mol. The molecule has 33 heavy (non-hydrogen) atoms. The Morgan fingerprint density at radius 1 is 0.545 bits per heavy atom. The molecular formula is C30H29NOSi. The van der Waals surface area contributed by atoms with Crippen molar-refractivity contribution in [2.75, 3.05) is 4.90 Å². The highest BCUT2D eigenvalue weighted by Crippen LogP contribution is 2.34. The summed E-state index contributed by atoms with van der Waals surface area (Å²) in [6, 6.07) is 35.7. The van der Waals surface area contributed by atoms with Crippen molar-refractivity contribution in [3.63, 3.8) is 0 Å². The molecule has 0 amide bonds. The van der Waals surface area contributed by atoms with E-state index in [2.05, 4.69) is 109 Å². The number of rotatable bonds is 7. The molecule has 0 aromatic heterocycles. The summed E-state index contributed by atoms with van der Waals surface area (Å²) in [6.07, 6.45) is 5.02. The van der Waals surface area contributed by atoms with Gasteiger partial charge in [-0.1, -0.05) is 104 Å². The molecule has 0 bridgehead atoms. The largest absolute Gasteiger partial charge is 0.311 e. The van der Waals surface area contributed by atoms with Crippen molar-refractivity contribution in [1.82, 2.24) is 0 Å². The van der Waals surface area contributed by atoms with Crippen molar-refractivity contribution < 1.29 is 4.79 Å². The van der Waals surface area contributed by atoms with Crippen LogP contribution in [0.5, 0.6) is 0 Å². The van der Waals surface area contributed by atoms with Crippen molar-refractivity contribution >= 4 is 48.8 Å². The summed E-state index contributed by atoms with van der Waals surface area (Å²) in [7, 11) is -1.34. The minimum absolute atomic E-state index is 0.690. The third-order valence-corrected chi connectivity index (χ3v) is 7.76. The quantitative estimate of drug-likeness (QED) is 0.164. The molecule has 4 aromatic rings. The summed E-state index contributed by atoms with van der Waals surface area (Å²) >= 11 is 0. The van der Waals surface area contributed by atoms with Gasteiger partial charge in [0, 0.05) is 22.6 Å². The van der Waals surface area contributed by atoms with Gasteiger partial charge in [-0.3, -0.25) is 4.79 Å². The number of para-hydroxylation sites is 1. The highest BCUT2D eigenvalue weighted by Gasteiger charge is 2.17. The van der Waals surface area contributed by atoms with Crippen LogP contribution in [-0.4, -0.2) is 14.4 Å². The topological polar surface area (TPSA) is 20.3 Å². The Kier molecular flexibility index (Phi) is 6.71. The fraction of sp³-hybridized carbons (Fsp3) is 0.100. The molecule has 0 heterocycles. The molecule has 0 aliphatic carbocycles. The molecule has 0 unspecified atom stereocenters. The Morgan fingerprint density at radius 3 is 1.45 bits per heavy atom. The first-order chi connectivity index (χ1) is 15.9. The fourth-order valence-corrected chi connectivity index (χ4v) is 4.91. The van der Waals surface area contributed by atoms with Crippen LogP contribution < -0.4 is 10.1 Å². The molecule has 0 N–H and O–H groups in total. The lowest BCUT2D eigenvalue weighted by molar-refractivity contribution is 0.112. The molecule has 164 valence electrons. The normalized spacial score (nSPS) is 11.5.